The van der Waals surface area contributed by atoms with Crippen LogP contribution in [0.25, 0.3) is 0 Å². The minimum atomic E-state index is -3.31. The summed E-state index contributed by atoms with van der Waals surface area (Å²) in [5, 5.41) is 0. The molecule has 0 aliphatic heterocycles. The Morgan fingerprint density at radius 1 is 1.27 bits per heavy atom. The van der Waals surface area contributed by atoms with Crippen molar-refractivity contribution in [3.63, 3.8) is 0 Å². The number of ketones is 1. The highest BCUT2D eigenvalue weighted by Crippen LogP contribution is 2.11. The third-order valence-corrected chi connectivity index (χ3v) is 3.87. The summed E-state index contributed by atoms with van der Waals surface area (Å²) in [6, 6.07) is 5.43. The third kappa shape index (κ3) is 5.42. The van der Waals surface area contributed by atoms with Gasteiger partial charge in [0.1, 0.15) is 0 Å². The lowest BCUT2D eigenvalue weighted by Crippen LogP contribution is -2.25. The summed E-state index contributed by atoms with van der Waals surface area (Å²) < 4.78 is 32.6. The molecule has 0 saturated heterocycles. The number of esters is 1. The van der Waals surface area contributed by atoms with Crippen LogP contribution in [0, 0.1) is 0 Å². The molecule has 0 bridgehead atoms. The van der Waals surface area contributed by atoms with Crippen LogP contribution >= 0.6 is 0 Å². The highest BCUT2D eigenvalue weighted by molar-refractivity contribution is 7.90. The summed E-state index contributed by atoms with van der Waals surface area (Å²) in [6.45, 7) is 4.74. The second kappa shape index (κ2) is 7.86. The summed E-state index contributed by atoms with van der Waals surface area (Å²) in [5.41, 5.74) is 0.264. The number of hydrogen-bond donors (Lipinski definition) is 0. The molecule has 0 aromatic heterocycles. The van der Waals surface area contributed by atoms with E-state index >= 15 is 0 Å². The van der Waals surface area contributed by atoms with Gasteiger partial charge in [-0.05, 0) is 31.2 Å². The van der Waals surface area contributed by atoms with E-state index in [0.717, 1.165) is 6.26 Å². The smallest absolute Gasteiger partial charge is 0.335 e. The van der Waals surface area contributed by atoms with E-state index in [1.807, 2.05) is 0 Å². The molecule has 0 N–H and O–H groups in total. The molecule has 7 heteroatoms. The van der Waals surface area contributed by atoms with Crippen molar-refractivity contribution in [3.8, 4) is 0 Å². The topological polar surface area (TPSA) is 86.7 Å². The van der Waals surface area contributed by atoms with Gasteiger partial charge in [0.25, 0.3) is 0 Å². The minimum absolute atomic E-state index is 0.118. The van der Waals surface area contributed by atoms with Crippen molar-refractivity contribution < 1.29 is 27.5 Å². The minimum Gasteiger partial charge on any atom is -0.455 e. The summed E-state index contributed by atoms with van der Waals surface area (Å²) in [4.78, 5) is 23.5. The number of carbonyl (C=O) groups is 2. The Hall–Kier alpha value is -1.99. The predicted molar refractivity (Wildman–Crippen MR) is 80.5 cm³/mol. The van der Waals surface area contributed by atoms with E-state index in [-0.39, 0.29) is 17.1 Å². The average Bonchev–Trinajstić information content (AvgIpc) is 2.49. The molecule has 6 nitrogen and oxygen atoms in total. The maximum atomic E-state index is 11.9. The van der Waals surface area contributed by atoms with Crippen molar-refractivity contribution in [1.29, 1.82) is 0 Å². The molecule has 0 aliphatic rings. The van der Waals surface area contributed by atoms with Crippen molar-refractivity contribution in [2.24, 2.45) is 0 Å². The molecule has 0 saturated carbocycles. The number of benzene rings is 1. The Labute approximate surface area is 129 Å². The molecular weight excluding hydrogens is 308 g/mol. The molecule has 1 unspecified atom stereocenters. The maximum Gasteiger partial charge on any atom is 0.335 e. The maximum absolute atomic E-state index is 11.9. The summed E-state index contributed by atoms with van der Waals surface area (Å²) in [7, 11) is -3.31. The monoisotopic (exact) mass is 326 g/mol. The van der Waals surface area contributed by atoms with Crippen molar-refractivity contribution >= 4 is 21.6 Å². The number of ether oxygens (including phenoxy) is 2. The number of rotatable bonds is 8. The highest BCUT2D eigenvalue weighted by Gasteiger charge is 2.17. The van der Waals surface area contributed by atoms with Crippen LogP contribution in [0.5, 0.6) is 0 Å². The Kier molecular flexibility index (Phi) is 6.45. The zero-order valence-electron chi connectivity index (χ0n) is 12.4. The van der Waals surface area contributed by atoms with Crippen molar-refractivity contribution in [2.45, 2.75) is 17.9 Å². The van der Waals surface area contributed by atoms with Crippen molar-refractivity contribution in [2.75, 3.05) is 19.5 Å². The fraction of sp³-hybridized carbons (Fsp3) is 0.333. The van der Waals surface area contributed by atoms with E-state index in [1.54, 1.807) is 0 Å². The van der Waals surface area contributed by atoms with E-state index in [0.29, 0.717) is 0 Å². The molecule has 22 heavy (non-hydrogen) atoms. The van der Waals surface area contributed by atoms with E-state index < -0.39 is 34.3 Å². The lowest BCUT2D eigenvalue weighted by molar-refractivity contribution is -0.154. The Bertz CT molecular complexity index is 645. The third-order valence-electron chi connectivity index (χ3n) is 2.75. The fourth-order valence-electron chi connectivity index (χ4n) is 1.51. The molecule has 0 radical (unpaired) electrons. The normalized spacial score (nSPS) is 12.5. The molecule has 1 rings (SSSR count). The molecule has 0 spiro atoms. The molecule has 120 valence electrons. The van der Waals surface area contributed by atoms with Crippen LogP contribution in [-0.4, -0.2) is 45.7 Å². The number of carbonyl (C=O) groups excluding carboxylic acids is 2. The number of hydrogen-bond acceptors (Lipinski definition) is 6. The Balaban J connectivity index is 2.59. The van der Waals surface area contributed by atoms with Gasteiger partial charge in [-0.25, -0.2) is 13.2 Å². The molecule has 1 atom stereocenters. The van der Waals surface area contributed by atoms with Gasteiger partial charge >= 0.3 is 5.97 Å². The van der Waals surface area contributed by atoms with Gasteiger partial charge in [0.15, 0.2) is 28.3 Å². The van der Waals surface area contributed by atoms with E-state index in [1.165, 1.54) is 37.3 Å². The summed E-state index contributed by atoms with van der Waals surface area (Å²) >= 11 is 0. The van der Waals surface area contributed by atoms with Crippen LogP contribution in [0.1, 0.15) is 17.3 Å². The average molecular weight is 326 g/mol. The predicted octanol–water partition coefficient (Wildman–Crippen LogP) is 1.41. The molecule has 1 aromatic carbocycles. The molecule has 0 amide bonds. The zero-order chi connectivity index (χ0) is 16.8. The lowest BCUT2D eigenvalue weighted by atomic mass is 10.1. The van der Waals surface area contributed by atoms with Crippen LogP contribution < -0.4 is 0 Å². The van der Waals surface area contributed by atoms with Gasteiger partial charge in [-0.1, -0.05) is 6.08 Å². The number of sulfone groups is 1. The van der Waals surface area contributed by atoms with E-state index in [4.69, 9.17) is 9.47 Å². The number of Topliss-reactive ketones (excluding diaryl/α,β-unsaturated/α-hetero) is 1. The van der Waals surface area contributed by atoms with Gasteiger partial charge in [0.2, 0.25) is 0 Å². The van der Waals surface area contributed by atoms with Gasteiger partial charge in [-0.15, -0.1) is 6.58 Å². The van der Waals surface area contributed by atoms with Gasteiger partial charge in [-0.2, -0.15) is 0 Å². The fourth-order valence-corrected chi connectivity index (χ4v) is 2.14. The first-order chi connectivity index (χ1) is 10.3. The van der Waals surface area contributed by atoms with Crippen molar-refractivity contribution in [3.05, 3.63) is 42.5 Å². The van der Waals surface area contributed by atoms with Gasteiger partial charge < -0.3 is 9.47 Å². The quantitative estimate of drug-likeness (QED) is 0.408. The van der Waals surface area contributed by atoms with Crippen LogP contribution in [-0.2, 0) is 24.1 Å². The van der Waals surface area contributed by atoms with Crippen LogP contribution in [0.15, 0.2) is 41.8 Å². The first-order valence-electron chi connectivity index (χ1n) is 6.48. The first kappa shape index (κ1) is 18.1. The molecular formula is C15H18O6S. The molecule has 1 aromatic rings. The standard InChI is InChI=1S/C15H18O6S/c1-4-9-20-11(2)15(17)21-10-14(16)12-5-7-13(8-6-12)22(3,18)19/h4-8,11H,1,9-10H2,2-3H3. The molecule has 0 heterocycles. The highest BCUT2D eigenvalue weighted by atomic mass is 32.2. The molecule has 0 aliphatic carbocycles. The van der Waals surface area contributed by atoms with Crippen LogP contribution in [0.4, 0.5) is 0 Å². The van der Waals surface area contributed by atoms with E-state index in [9.17, 15) is 18.0 Å². The van der Waals surface area contributed by atoms with Gasteiger partial charge in [-0.3, -0.25) is 4.79 Å². The lowest BCUT2D eigenvalue weighted by Gasteiger charge is -2.11. The van der Waals surface area contributed by atoms with Crippen LogP contribution in [0.3, 0.4) is 0 Å². The molecule has 0 fully saturated rings. The van der Waals surface area contributed by atoms with Crippen LogP contribution in [0.2, 0.25) is 0 Å². The van der Waals surface area contributed by atoms with E-state index in [2.05, 4.69) is 6.58 Å². The first-order valence-corrected chi connectivity index (χ1v) is 8.37. The second-order valence-electron chi connectivity index (χ2n) is 4.59. The summed E-state index contributed by atoms with van der Waals surface area (Å²) in [5.74, 6) is -1.08. The largest absolute Gasteiger partial charge is 0.455 e. The zero-order valence-corrected chi connectivity index (χ0v) is 13.3. The van der Waals surface area contributed by atoms with Gasteiger partial charge in [0, 0.05) is 11.8 Å². The Morgan fingerprint density at radius 3 is 2.36 bits per heavy atom. The Morgan fingerprint density at radius 2 is 1.86 bits per heavy atom. The SMILES string of the molecule is C=CCOC(C)C(=O)OCC(=O)c1ccc(S(C)(=O)=O)cc1. The summed E-state index contributed by atoms with van der Waals surface area (Å²) in [6.07, 6.45) is 1.78. The van der Waals surface area contributed by atoms with Gasteiger partial charge in [0.05, 0.1) is 11.5 Å². The van der Waals surface area contributed by atoms with Crippen molar-refractivity contribution in [1.82, 2.24) is 0 Å². The second-order valence-corrected chi connectivity index (χ2v) is 6.61.